The molecule has 4 nitrogen and oxygen atoms in total. The van der Waals surface area contributed by atoms with Crippen molar-refractivity contribution in [2.75, 3.05) is 5.73 Å². The SMILES string of the molecule is Cc1cc(O)c(-c2cn[nH]c2N)cc1C. The van der Waals surface area contributed by atoms with Crippen molar-refractivity contribution in [3.8, 4) is 16.9 Å². The molecule has 0 radical (unpaired) electrons. The van der Waals surface area contributed by atoms with Gasteiger partial charge in [0.05, 0.1) is 6.20 Å². The van der Waals surface area contributed by atoms with Crippen molar-refractivity contribution in [3.63, 3.8) is 0 Å². The van der Waals surface area contributed by atoms with Gasteiger partial charge in [-0.15, -0.1) is 0 Å². The van der Waals surface area contributed by atoms with Crippen LogP contribution in [0.5, 0.6) is 5.75 Å². The van der Waals surface area contributed by atoms with Crippen LogP contribution in [-0.4, -0.2) is 15.3 Å². The van der Waals surface area contributed by atoms with Gasteiger partial charge < -0.3 is 10.8 Å². The van der Waals surface area contributed by atoms with Gasteiger partial charge in [-0.1, -0.05) is 0 Å². The third kappa shape index (κ3) is 1.54. The minimum absolute atomic E-state index is 0.228. The quantitative estimate of drug-likeness (QED) is 0.663. The molecule has 1 aromatic carbocycles. The van der Waals surface area contributed by atoms with E-state index in [-0.39, 0.29) is 5.75 Å². The molecular formula is C11H13N3O. The van der Waals surface area contributed by atoms with Crippen LogP contribution in [-0.2, 0) is 0 Å². The first-order valence-electron chi connectivity index (χ1n) is 4.69. The van der Waals surface area contributed by atoms with Crippen LogP contribution in [0, 0.1) is 13.8 Å². The molecule has 0 unspecified atom stereocenters. The first kappa shape index (κ1) is 9.58. The first-order valence-corrected chi connectivity index (χ1v) is 4.69. The molecule has 1 aromatic heterocycles. The smallest absolute Gasteiger partial charge is 0.126 e. The summed E-state index contributed by atoms with van der Waals surface area (Å²) < 4.78 is 0. The van der Waals surface area contributed by atoms with Gasteiger partial charge in [0.25, 0.3) is 0 Å². The largest absolute Gasteiger partial charge is 0.507 e. The molecule has 0 saturated carbocycles. The number of H-pyrrole nitrogens is 1. The van der Waals surface area contributed by atoms with Crippen molar-refractivity contribution in [2.45, 2.75) is 13.8 Å². The third-order valence-electron chi connectivity index (χ3n) is 2.57. The summed E-state index contributed by atoms with van der Waals surface area (Å²) in [5.41, 5.74) is 9.31. The van der Waals surface area contributed by atoms with Crippen LogP contribution in [0.4, 0.5) is 5.82 Å². The zero-order valence-electron chi connectivity index (χ0n) is 8.70. The molecule has 0 aliphatic heterocycles. The van der Waals surface area contributed by atoms with Gasteiger partial charge in [-0.05, 0) is 37.1 Å². The van der Waals surface area contributed by atoms with Gasteiger partial charge in [-0.25, -0.2) is 0 Å². The number of aromatic amines is 1. The molecule has 78 valence electrons. The minimum Gasteiger partial charge on any atom is -0.507 e. The molecule has 0 amide bonds. The monoisotopic (exact) mass is 203 g/mol. The van der Waals surface area contributed by atoms with Crippen molar-refractivity contribution >= 4 is 5.82 Å². The van der Waals surface area contributed by atoms with E-state index in [1.807, 2.05) is 19.9 Å². The molecule has 4 heteroatoms. The number of aromatic nitrogens is 2. The molecule has 15 heavy (non-hydrogen) atoms. The average molecular weight is 203 g/mol. The molecule has 1 heterocycles. The molecular weight excluding hydrogens is 190 g/mol. The number of benzene rings is 1. The van der Waals surface area contributed by atoms with Crippen LogP contribution >= 0.6 is 0 Å². The highest BCUT2D eigenvalue weighted by Gasteiger charge is 2.10. The Morgan fingerprint density at radius 3 is 2.47 bits per heavy atom. The second kappa shape index (κ2) is 3.31. The number of hydrogen-bond donors (Lipinski definition) is 3. The van der Waals surface area contributed by atoms with Crippen molar-refractivity contribution in [2.24, 2.45) is 0 Å². The molecule has 0 spiro atoms. The molecule has 0 aliphatic rings. The Morgan fingerprint density at radius 1 is 1.20 bits per heavy atom. The molecule has 2 aromatic rings. The molecule has 2 rings (SSSR count). The van der Waals surface area contributed by atoms with E-state index in [0.29, 0.717) is 11.4 Å². The highest BCUT2D eigenvalue weighted by Crippen LogP contribution is 2.33. The van der Waals surface area contributed by atoms with Crippen LogP contribution < -0.4 is 5.73 Å². The number of nitrogen functional groups attached to an aromatic ring is 1. The van der Waals surface area contributed by atoms with Crippen LogP contribution in [0.15, 0.2) is 18.3 Å². The number of nitrogens with one attached hydrogen (secondary N) is 1. The lowest BCUT2D eigenvalue weighted by Crippen LogP contribution is -1.89. The Balaban J connectivity index is 2.64. The van der Waals surface area contributed by atoms with E-state index in [1.165, 1.54) is 0 Å². The standard InChI is InChI=1S/C11H13N3O/c1-6-3-8(10(15)4-7(6)2)9-5-13-14-11(9)12/h3-5,15H,1-2H3,(H3,12,13,14). The second-order valence-electron chi connectivity index (χ2n) is 3.65. The number of nitrogens with zero attached hydrogens (tertiary/aromatic N) is 1. The van der Waals surface area contributed by atoms with Crippen LogP contribution in [0.3, 0.4) is 0 Å². The van der Waals surface area contributed by atoms with E-state index in [9.17, 15) is 5.11 Å². The van der Waals surface area contributed by atoms with Crippen molar-refractivity contribution in [1.29, 1.82) is 0 Å². The van der Waals surface area contributed by atoms with E-state index < -0.39 is 0 Å². The van der Waals surface area contributed by atoms with Crippen molar-refractivity contribution in [1.82, 2.24) is 10.2 Å². The summed E-state index contributed by atoms with van der Waals surface area (Å²) in [5.74, 6) is 0.694. The molecule has 0 atom stereocenters. The van der Waals surface area contributed by atoms with E-state index >= 15 is 0 Å². The Hall–Kier alpha value is -1.97. The molecule has 0 bridgehead atoms. The fraction of sp³-hybridized carbons (Fsp3) is 0.182. The lowest BCUT2D eigenvalue weighted by atomic mass is 10.0. The molecule has 4 N–H and O–H groups in total. The summed E-state index contributed by atoms with van der Waals surface area (Å²) in [6.07, 6.45) is 1.61. The topological polar surface area (TPSA) is 74.9 Å². The summed E-state index contributed by atoms with van der Waals surface area (Å²) >= 11 is 0. The van der Waals surface area contributed by atoms with Gasteiger partial charge >= 0.3 is 0 Å². The summed E-state index contributed by atoms with van der Waals surface area (Å²) in [6.45, 7) is 3.95. The number of anilines is 1. The van der Waals surface area contributed by atoms with E-state index in [2.05, 4.69) is 10.2 Å². The number of aryl methyl sites for hydroxylation is 2. The Kier molecular flexibility index (Phi) is 2.11. The maximum atomic E-state index is 9.81. The number of hydrogen-bond acceptors (Lipinski definition) is 3. The summed E-state index contributed by atoms with van der Waals surface area (Å²) in [6, 6.07) is 3.64. The number of phenols is 1. The lowest BCUT2D eigenvalue weighted by Gasteiger charge is -2.07. The number of nitrogens with two attached hydrogens (primary N) is 1. The van der Waals surface area contributed by atoms with Gasteiger partial charge in [-0.2, -0.15) is 5.10 Å². The minimum atomic E-state index is 0.228. The molecule has 0 aliphatic carbocycles. The highest BCUT2D eigenvalue weighted by atomic mass is 16.3. The second-order valence-corrected chi connectivity index (χ2v) is 3.65. The van der Waals surface area contributed by atoms with Crippen LogP contribution in [0.25, 0.3) is 11.1 Å². The van der Waals surface area contributed by atoms with Gasteiger partial charge in [-0.3, -0.25) is 5.10 Å². The maximum Gasteiger partial charge on any atom is 0.126 e. The van der Waals surface area contributed by atoms with E-state index in [0.717, 1.165) is 16.7 Å². The third-order valence-corrected chi connectivity index (χ3v) is 2.57. The summed E-state index contributed by atoms with van der Waals surface area (Å²) in [7, 11) is 0. The fourth-order valence-electron chi connectivity index (χ4n) is 1.53. The Bertz CT molecular complexity index is 503. The van der Waals surface area contributed by atoms with E-state index in [4.69, 9.17) is 5.73 Å². The van der Waals surface area contributed by atoms with Gasteiger partial charge in [0.2, 0.25) is 0 Å². The van der Waals surface area contributed by atoms with Crippen molar-refractivity contribution < 1.29 is 5.11 Å². The predicted molar refractivity (Wildman–Crippen MR) is 59.6 cm³/mol. The molecule has 0 fully saturated rings. The molecule has 0 saturated heterocycles. The fourth-order valence-corrected chi connectivity index (χ4v) is 1.53. The van der Waals surface area contributed by atoms with Gasteiger partial charge in [0.1, 0.15) is 11.6 Å². The predicted octanol–water partition coefficient (Wildman–Crippen LogP) is 1.98. The zero-order valence-corrected chi connectivity index (χ0v) is 8.70. The summed E-state index contributed by atoms with van der Waals surface area (Å²) in [4.78, 5) is 0. The average Bonchev–Trinajstić information content (AvgIpc) is 2.58. The van der Waals surface area contributed by atoms with Crippen LogP contribution in [0.1, 0.15) is 11.1 Å². The summed E-state index contributed by atoms with van der Waals surface area (Å²) in [5, 5.41) is 16.3. The number of aromatic hydroxyl groups is 1. The van der Waals surface area contributed by atoms with E-state index in [1.54, 1.807) is 12.3 Å². The highest BCUT2D eigenvalue weighted by molar-refractivity contribution is 5.78. The zero-order chi connectivity index (χ0) is 11.0. The Labute approximate surface area is 87.7 Å². The van der Waals surface area contributed by atoms with Crippen LogP contribution in [0.2, 0.25) is 0 Å². The lowest BCUT2D eigenvalue weighted by molar-refractivity contribution is 0.477. The normalized spacial score (nSPS) is 10.5. The number of phenolic OH excluding ortho intramolecular Hbond substituents is 1. The van der Waals surface area contributed by atoms with Gasteiger partial charge in [0, 0.05) is 11.1 Å². The van der Waals surface area contributed by atoms with Crippen molar-refractivity contribution in [3.05, 3.63) is 29.5 Å². The van der Waals surface area contributed by atoms with Gasteiger partial charge in [0.15, 0.2) is 0 Å². The maximum absolute atomic E-state index is 9.81. The Morgan fingerprint density at radius 2 is 1.87 bits per heavy atom. The number of rotatable bonds is 1. The first-order chi connectivity index (χ1) is 7.09.